The predicted octanol–water partition coefficient (Wildman–Crippen LogP) is 4.66. The van der Waals surface area contributed by atoms with Gasteiger partial charge in [0.2, 0.25) is 5.95 Å². The van der Waals surface area contributed by atoms with Gasteiger partial charge in [-0.1, -0.05) is 18.2 Å². The Kier molecular flexibility index (Phi) is 3.70. The molecule has 1 N–H and O–H groups in total. The minimum absolute atomic E-state index is 0.193. The van der Waals surface area contributed by atoms with Gasteiger partial charge in [0.15, 0.2) is 0 Å². The van der Waals surface area contributed by atoms with Gasteiger partial charge in [0, 0.05) is 24.1 Å². The molecule has 2 aromatic carbocycles. The monoisotopic (exact) mass is 349 g/mol. The maximum atomic E-state index is 14.0. The van der Waals surface area contributed by atoms with Crippen LogP contribution in [0.4, 0.5) is 20.4 Å². The summed E-state index contributed by atoms with van der Waals surface area (Å²) in [6.45, 7) is 0. The van der Waals surface area contributed by atoms with E-state index in [4.69, 9.17) is 0 Å². The molecule has 1 heterocycles. The number of imidazole rings is 1. The lowest BCUT2D eigenvalue weighted by molar-refractivity contribution is 0.574. The van der Waals surface area contributed by atoms with Crippen molar-refractivity contribution in [1.82, 2.24) is 9.55 Å². The van der Waals surface area contributed by atoms with Crippen LogP contribution in [0, 0.1) is 11.6 Å². The summed E-state index contributed by atoms with van der Waals surface area (Å²) in [5.74, 6) is -0.864. The number of hydrogen-bond acceptors (Lipinski definition) is 2. The molecule has 0 aliphatic heterocycles. The van der Waals surface area contributed by atoms with E-state index in [0.29, 0.717) is 5.95 Å². The van der Waals surface area contributed by atoms with Crippen LogP contribution in [0.5, 0.6) is 0 Å². The Morgan fingerprint density at radius 1 is 1.05 bits per heavy atom. The molecule has 21 heavy (non-hydrogen) atoms. The second kappa shape index (κ2) is 5.65. The second-order valence-corrected chi connectivity index (χ2v) is 5.18. The van der Waals surface area contributed by atoms with E-state index < -0.39 is 11.6 Å². The number of para-hydroxylation sites is 1. The summed E-state index contributed by atoms with van der Waals surface area (Å²) in [4.78, 5) is 4.16. The van der Waals surface area contributed by atoms with Gasteiger partial charge in [0.05, 0.1) is 10.2 Å². The summed E-state index contributed by atoms with van der Waals surface area (Å²) in [5, 5.41) is 3.09. The van der Waals surface area contributed by atoms with Gasteiger partial charge in [-0.2, -0.15) is 0 Å². The number of hydrogen-bond donors (Lipinski definition) is 1. The largest absolute Gasteiger partial charge is 0.325 e. The molecule has 0 bridgehead atoms. The maximum Gasteiger partial charge on any atom is 0.212 e. The fourth-order valence-corrected chi connectivity index (χ4v) is 2.27. The minimum atomic E-state index is -0.662. The van der Waals surface area contributed by atoms with E-state index in [1.807, 2.05) is 30.3 Å². The number of nitrogens with zero attached hydrogens (tertiary/aromatic N) is 2. The topological polar surface area (TPSA) is 29.9 Å². The highest BCUT2D eigenvalue weighted by Crippen LogP contribution is 2.26. The molecule has 0 spiro atoms. The lowest BCUT2D eigenvalue weighted by Gasteiger charge is -2.11. The summed E-state index contributed by atoms with van der Waals surface area (Å²) in [6.07, 6.45) is 3.15. The van der Waals surface area contributed by atoms with Crippen molar-refractivity contribution >= 4 is 27.6 Å². The van der Waals surface area contributed by atoms with Gasteiger partial charge in [0.1, 0.15) is 11.6 Å². The molecule has 3 rings (SSSR count). The summed E-state index contributed by atoms with van der Waals surface area (Å²) >= 11 is 3.06. The van der Waals surface area contributed by atoms with Gasteiger partial charge in [-0.05, 0) is 34.1 Å². The van der Waals surface area contributed by atoms with Crippen molar-refractivity contribution in [3.63, 3.8) is 0 Å². The summed E-state index contributed by atoms with van der Waals surface area (Å²) in [6, 6.07) is 11.6. The minimum Gasteiger partial charge on any atom is -0.325 e. The first kappa shape index (κ1) is 13.8. The molecule has 0 aliphatic rings. The molecular weight excluding hydrogens is 340 g/mol. The average Bonchev–Trinajstić information content (AvgIpc) is 2.92. The van der Waals surface area contributed by atoms with Crippen LogP contribution in [0.3, 0.4) is 0 Å². The molecule has 0 saturated carbocycles. The zero-order valence-electron chi connectivity index (χ0n) is 10.7. The smallest absolute Gasteiger partial charge is 0.212 e. The van der Waals surface area contributed by atoms with Crippen LogP contribution in [-0.4, -0.2) is 9.55 Å². The predicted molar refractivity (Wildman–Crippen MR) is 80.9 cm³/mol. The number of anilines is 2. The van der Waals surface area contributed by atoms with Crippen molar-refractivity contribution in [3.05, 3.63) is 71.0 Å². The van der Waals surface area contributed by atoms with E-state index >= 15 is 0 Å². The average molecular weight is 350 g/mol. The van der Waals surface area contributed by atoms with Gasteiger partial charge >= 0.3 is 0 Å². The number of benzene rings is 2. The summed E-state index contributed by atoms with van der Waals surface area (Å²) < 4.78 is 29.0. The third-order valence-corrected chi connectivity index (χ3v) is 3.53. The van der Waals surface area contributed by atoms with E-state index in [2.05, 4.69) is 26.2 Å². The van der Waals surface area contributed by atoms with Gasteiger partial charge in [-0.3, -0.25) is 4.57 Å². The van der Waals surface area contributed by atoms with Crippen LogP contribution in [0.2, 0.25) is 0 Å². The second-order valence-electron chi connectivity index (χ2n) is 4.33. The summed E-state index contributed by atoms with van der Waals surface area (Å²) in [5.41, 5.74) is 1.03. The molecular formula is C15H10BrF2N3. The Bertz CT molecular complexity index is 772. The molecule has 3 nitrogen and oxygen atoms in total. The highest BCUT2D eigenvalue weighted by molar-refractivity contribution is 9.10. The normalized spacial score (nSPS) is 10.6. The van der Waals surface area contributed by atoms with E-state index in [1.54, 1.807) is 12.4 Å². The molecule has 0 fully saturated rings. The Balaban J connectivity index is 2.01. The number of nitrogens with one attached hydrogen (secondary N) is 1. The highest BCUT2D eigenvalue weighted by atomic mass is 79.9. The van der Waals surface area contributed by atoms with E-state index in [-0.39, 0.29) is 10.2 Å². The molecule has 106 valence electrons. The molecule has 0 amide bonds. The van der Waals surface area contributed by atoms with E-state index in [0.717, 1.165) is 11.8 Å². The Labute approximate surface area is 128 Å². The molecule has 0 unspecified atom stereocenters. The lowest BCUT2D eigenvalue weighted by atomic mass is 10.3. The zero-order chi connectivity index (χ0) is 14.8. The third-order valence-electron chi connectivity index (χ3n) is 2.92. The molecule has 0 saturated heterocycles. The molecule has 1 aromatic heterocycles. The standard InChI is InChI=1S/C15H10BrF2N3/c16-11-8-14(13(18)9-12(11)17)21-7-6-19-15(21)20-10-4-2-1-3-5-10/h1-9H,(H,19,20). The van der Waals surface area contributed by atoms with Crippen LogP contribution in [-0.2, 0) is 0 Å². The van der Waals surface area contributed by atoms with Crippen LogP contribution in [0.1, 0.15) is 0 Å². The zero-order valence-corrected chi connectivity index (χ0v) is 12.3. The van der Waals surface area contributed by atoms with Crippen molar-refractivity contribution in [2.45, 2.75) is 0 Å². The molecule has 0 atom stereocenters. The van der Waals surface area contributed by atoms with Crippen molar-refractivity contribution in [1.29, 1.82) is 0 Å². The van der Waals surface area contributed by atoms with Crippen LogP contribution in [0.25, 0.3) is 5.69 Å². The first-order chi connectivity index (χ1) is 10.1. The van der Waals surface area contributed by atoms with E-state index in [1.165, 1.54) is 10.6 Å². The maximum absolute atomic E-state index is 14.0. The molecule has 0 aliphatic carbocycles. The SMILES string of the molecule is Fc1cc(F)c(-n2ccnc2Nc2ccccc2)cc1Br. The van der Waals surface area contributed by atoms with Crippen LogP contribution in [0.15, 0.2) is 59.3 Å². The quantitative estimate of drug-likeness (QED) is 0.697. The van der Waals surface area contributed by atoms with Gasteiger partial charge in [0.25, 0.3) is 0 Å². The van der Waals surface area contributed by atoms with Gasteiger partial charge in [-0.15, -0.1) is 0 Å². The number of halogens is 3. The highest BCUT2D eigenvalue weighted by Gasteiger charge is 2.13. The van der Waals surface area contributed by atoms with Gasteiger partial charge in [-0.25, -0.2) is 13.8 Å². The Morgan fingerprint density at radius 2 is 1.81 bits per heavy atom. The van der Waals surface area contributed by atoms with Crippen LogP contribution < -0.4 is 5.32 Å². The Hall–Kier alpha value is -2.21. The van der Waals surface area contributed by atoms with Crippen molar-refractivity contribution < 1.29 is 8.78 Å². The molecule has 6 heteroatoms. The summed E-state index contributed by atoms with van der Waals surface area (Å²) in [7, 11) is 0. The van der Waals surface area contributed by atoms with Crippen molar-refractivity contribution in [2.75, 3.05) is 5.32 Å². The lowest BCUT2D eigenvalue weighted by Crippen LogP contribution is -2.03. The first-order valence-electron chi connectivity index (χ1n) is 6.15. The van der Waals surface area contributed by atoms with Crippen molar-refractivity contribution in [3.8, 4) is 5.69 Å². The fraction of sp³-hybridized carbons (Fsp3) is 0. The molecule has 0 radical (unpaired) electrons. The van der Waals surface area contributed by atoms with Crippen LogP contribution >= 0.6 is 15.9 Å². The molecule has 3 aromatic rings. The van der Waals surface area contributed by atoms with E-state index in [9.17, 15) is 8.78 Å². The first-order valence-corrected chi connectivity index (χ1v) is 6.95. The fourth-order valence-electron chi connectivity index (χ4n) is 1.94. The van der Waals surface area contributed by atoms with Crippen molar-refractivity contribution in [2.24, 2.45) is 0 Å². The Morgan fingerprint density at radius 3 is 2.57 bits per heavy atom. The number of rotatable bonds is 3. The third kappa shape index (κ3) is 2.80. The number of aromatic nitrogens is 2. The van der Waals surface area contributed by atoms with Gasteiger partial charge < -0.3 is 5.32 Å².